The molecule has 2 aromatic heterocycles. The number of amides is 1. The van der Waals surface area contributed by atoms with Crippen molar-refractivity contribution in [3.8, 4) is 5.69 Å². The van der Waals surface area contributed by atoms with Crippen molar-refractivity contribution in [2.45, 2.75) is 13.1 Å². The van der Waals surface area contributed by atoms with Gasteiger partial charge in [-0.15, -0.1) is 0 Å². The average Bonchev–Trinajstić information content (AvgIpc) is 3.14. The number of nitrogens with one attached hydrogen (secondary N) is 1. The van der Waals surface area contributed by atoms with Crippen molar-refractivity contribution in [2.75, 3.05) is 42.9 Å². The summed E-state index contributed by atoms with van der Waals surface area (Å²) in [4.78, 5) is 20.5. The first-order valence-corrected chi connectivity index (χ1v) is 10.2. The van der Waals surface area contributed by atoms with Gasteiger partial charge in [-0.25, -0.2) is 9.67 Å². The van der Waals surface area contributed by atoms with Crippen LogP contribution in [0, 0.1) is 6.92 Å². The number of nitrogens with zero attached hydrogens (tertiary/aromatic N) is 5. The second-order valence-electron chi connectivity index (χ2n) is 7.63. The van der Waals surface area contributed by atoms with Gasteiger partial charge in [0.15, 0.2) is 0 Å². The van der Waals surface area contributed by atoms with E-state index in [0.717, 1.165) is 23.6 Å². The van der Waals surface area contributed by atoms with E-state index >= 15 is 0 Å². The molecule has 10 heteroatoms. The van der Waals surface area contributed by atoms with E-state index in [2.05, 4.69) is 15.4 Å². The monoisotopic (exact) mass is 444 g/mol. The number of rotatable bonds is 5. The fraction of sp³-hybridized carbons (Fsp3) is 0.318. The number of aromatic nitrogens is 3. The van der Waals surface area contributed by atoms with Gasteiger partial charge in [0.25, 0.3) is 0 Å². The van der Waals surface area contributed by atoms with E-state index < -0.39 is 11.7 Å². The molecule has 4 rings (SSSR count). The Balaban J connectivity index is 1.32. The van der Waals surface area contributed by atoms with Crippen LogP contribution in [0.4, 0.5) is 24.8 Å². The van der Waals surface area contributed by atoms with Gasteiger partial charge in [0.2, 0.25) is 5.91 Å². The van der Waals surface area contributed by atoms with Crippen molar-refractivity contribution in [3.63, 3.8) is 0 Å². The molecule has 7 nitrogen and oxygen atoms in total. The Labute approximate surface area is 183 Å². The summed E-state index contributed by atoms with van der Waals surface area (Å²) in [6, 6.07) is 13.8. The maximum atomic E-state index is 12.7. The molecule has 1 N–H and O–H groups in total. The van der Waals surface area contributed by atoms with Crippen LogP contribution < -0.4 is 10.2 Å². The zero-order chi connectivity index (χ0) is 22.7. The molecule has 0 radical (unpaired) electrons. The molecule has 1 aliphatic heterocycles. The van der Waals surface area contributed by atoms with E-state index in [1.807, 2.05) is 53.1 Å². The average molecular weight is 444 g/mol. The highest BCUT2D eigenvalue weighted by Crippen LogP contribution is 2.29. The summed E-state index contributed by atoms with van der Waals surface area (Å²) in [5.74, 6) is 0.957. The molecule has 1 amide bonds. The van der Waals surface area contributed by atoms with Crippen LogP contribution in [0.2, 0.25) is 0 Å². The highest BCUT2D eigenvalue weighted by atomic mass is 19.4. The minimum atomic E-state index is -4.40. The molecule has 168 valence electrons. The second kappa shape index (κ2) is 8.99. The number of piperazine rings is 1. The normalized spacial score (nSPS) is 15.1. The number of carbonyl (C=O) groups is 1. The summed E-state index contributed by atoms with van der Waals surface area (Å²) in [5.41, 5.74) is 0.886. The van der Waals surface area contributed by atoms with Crippen molar-refractivity contribution in [1.29, 1.82) is 0 Å². The SMILES string of the molecule is Cc1cc(NC(=O)CN2CCN(c3ccc(C(F)(F)F)cn3)CC2)n(-c2ccccc2)n1. The number of alkyl halides is 3. The fourth-order valence-corrected chi connectivity index (χ4v) is 3.62. The third-order valence-corrected chi connectivity index (χ3v) is 5.24. The van der Waals surface area contributed by atoms with Crippen LogP contribution in [0.5, 0.6) is 0 Å². The van der Waals surface area contributed by atoms with Crippen molar-refractivity contribution in [2.24, 2.45) is 0 Å². The molecule has 0 unspecified atom stereocenters. The van der Waals surface area contributed by atoms with Gasteiger partial charge in [0.1, 0.15) is 11.6 Å². The summed E-state index contributed by atoms with van der Waals surface area (Å²) in [5, 5.41) is 7.38. The number of hydrogen-bond donors (Lipinski definition) is 1. The maximum absolute atomic E-state index is 12.7. The van der Waals surface area contributed by atoms with Gasteiger partial charge >= 0.3 is 6.18 Å². The Bertz CT molecular complexity index is 1060. The molecule has 3 heterocycles. The van der Waals surface area contributed by atoms with Crippen LogP contribution in [0.15, 0.2) is 54.7 Å². The Morgan fingerprint density at radius 1 is 1.06 bits per heavy atom. The first-order valence-electron chi connectivity index (χ1n) is 10.2. The lowest BCUT2D eigenvalue weighted by molar-refractivity contribution is -0.137. The molecule has 3 aromatic rings. The molecule has 0 saturated carbocycles. The van der Waals surface area contributed by atoms with Gasteiger partial charge in [-0.1, -0.05) is 18.2 Å². The lowest BCUT2D eigenvalue weighted by atomic mass is 10.2. The number of hydrogen-bond acceptors (Lipinski definition) is 5. The standard InChI is InChI=1S/C22H23F3N6O/c1-16-13-20(31(28-16)18-5-3-2-4-6-18)27-21(32)15-29-9-11-30(12-10-29)19-8-7-17(14-26-19)22(23,24)25/h2-8,13-14H,9-12,15H2,1H3,(H,27,32). The van der Waals surface area contributed by atoms with Crippen LogP contribution in [-0.2, 0) is 11.0 Å². The number of halogens is 3. The van der Waals surface area contributed by atoms with Gasteiger partial charge in [0.05, 0.1) is 23.5 Å². The number of para-hydroxylation sites is 1. The maximum Gasteiger partial charge on any atom is 0.417 e. The summed E-state index contributed by atoms with van der Waals surface area (Å²) < 4.78 is 39.8. The lowest BCUT2D eigenvalue weighted by Gasteiger charge is -2.35. The highest BCUT2D eigenvalue weighted by molar-refractivity contribution is 5.91. The Hall–Kier alpha value is -3.40. The molecular formula is C22H23F3N6O. The summed E-state index contributed by atoms with van der Waals surface area (Å²) in [6.07, 6.45) is -3.54. The summed E-state index contributed by atoms with van der Waals surface area (Å²) in [6.45, 7) is 4.44. The van der Waals surface area contributed by atoms with Crippen LogP contribution >= 0.6 is 0 Å². The first-order chi connectivity index (χ1) is 15.3. The quantitative estimate of drug-likeness (QED) is 0.654. The summed E-state index contributed by atoms with van der Waals surface area (Å²) >= 11 is 0. The molecule has 32 heavy (non-hydrogen) atoms. The van der Waals surface area contributed by atoms with Crippen molar-refractivity contribution in [1.82, 2.24) is 19.7 Å². The topological polar surface area (TPSA) is 66.3 Å². The number of benzene rings is 1. The Morgan fingerprint density at radius 3 is 2.41 bits per heavy atom. The second-order valence-corrected chi connectivity index (χ2v) is 7.63. The lowest BCUT2D eigenvalue weighted by Crippen LogP contribution is -2.49. The Morgan fingerprint density at radius 2 is 1.78 bits per heavy atom. The molecule has 0 aliphatic carbocycles. The third-order valence-electron chi connectivity index (χ3n) is 5.24. The number of carbonyl (C=O) groups excluding carboxylic acids is 1. The smallest absolute Gasteiger partial charge is 0.354 e. The zero-order valence-electron chi connectivity index (χ0n) is 17.5. The van der Waals surface area contributed by atoms with Gasteiger partial charge in [0, 0.05) is 38.4 Å². The van der Waals surface area contributed by atoms with E-state index in [1.165, 1.54) is 6.07 Å². The van der Waals surface area contributed by atoms with Gasteiger partial charge in [-0.05, 0) is 31.2 Å². The van der Waals surface area contributed by atoms with Crippen LogP contribution in [0.1, 0.15) is 11.3 Å². The van der Waals surface area contributed by atoms with Crippen LogP contribution in [0.3, 0.4) is 0 Å². The molecule has 0 spiro atoms. The predicted octanol–water partition coefficient (Wildman–Crippen LogP) is 3.36. The number of aryl methyl sites for hydroxylation is 1. The molecule has 0 bridgehead atoms. The van der Waals surface area contributed by atoms with E-state index in [-0.39, 0.29) is 12.5 Å². The molecule has 1 saturated heterocycles. The first kappa shape index (κ1) is 21.8. The zero-order valence-corrected chi connectivity index (χ0v) is 17.5. The predicted molar refractivity (Wildman–Crippen MR) is 115 cm³/mol. The third kappa shape index (κ3) is 5.08. The van der Waals surface area contributed by atoms with Crippen molar-refractivity contribution in [3.05, 3.63) is 66.0 Å². The molecule has 1 aromatic carbocycles. The van der Waals surface area contributed by atoms with Gasteiger partial charge in [-0.2, -0.15) is 18.3 Å². The molecule has 1 aliphatic rings. The highest BCUT2D eigenvalue weighted by Gasteiger charge is 2.31. The van der Waals surface area contributed by atoms with Crippen molar-refractivity contribution < 1.29 is 18.0 Å². The fourth-order valence-electron chi connectivity index (χ4n) is 3.62. The number of pyridine rings is 1. The minimum Gasteiger partial charge on any atom is -0.354 e. The minimum absolute atomic E-state index is 0.150. The summed E-state index contributed by atoms with van der Waals surface area (Å²) in [7, 11) is 0. The largest absolute Gasteiger partial charge is 0.417 e. The Kier molecular flexibility index (Phi) is 6.13. The van der Waals surface area contributed by atoms with Gasteiger partial charge in [-0.3, -0.25) is 9.69 Å². The van der Waals surface area contributed by atoms with Crippen LogP contribution in [0.25, 0.3) is 5.69 Å². The van der Waals surface area contributed by atoms with Gasteiger partial charge < -0.3 is 10.2 Å². The molecular weight excluding hydrogens is 421 g/mol. The number of anilines is 2. The van der Waals surface area contributed by atoms with E-state index in [0.29, 0.717) is 37.8 Å². The van der Waals surface area contributed by atoms with E-state index in [9.17, 15) is 18.0 Å². The van der Waals surface area contributed by atoms with E-state index in [4.69, 9.17) is 0 Å². The van der Waals surface area contributed by atoms with E-state index in [1.54, 1.807) is 4.68 Å². The molecule has 0 atom stereocenters. The van der Waals surface area contributed by atoms with Crippen molar-refractivity contribution >= 4 is 17.5 Å². The molecule has 1 fully saturated rings. The van der Waals surface area contributed by atoms with Crippen LogP contribution in [-0.4, -0.2) is 58.3 Å².